The highest BCUT2D eigenvalue weighted by Crippen LogP contribution is 2.25. The van der Waals surface area contributed by atoms with Crippen LogP contribution in [0.15, 0.2) is 72.2 Å². The van der Waals surface area contributed by atoms with Crippen LogP contribution in [0.3, 0.4) is 0 Å². The Labute approximate surface area is 191 Å². The van der Waals surface area contributed by atoms with Gasteiger partial charge in [0.2, 0.25) is 0 Å². The summed E-state index contributed by atoms with van der Waals surface area (Å²) in [6.07, 6.45) is 14.9. The number of alkyl halides is 1. The van der Waals surface area contributed by atoms with Crippen molar-refractivity contribution in [3.05, 3.63) is 72.2 Å². The zero-order valence-electron chi connectivity index (χ0n) is 21.1. The molecule has 2 unspecified atom stereocenters. The molecule has 0 aliphatic heterocycles. The predicted octanol–water partition coefficient (Wildman–Crippen LogP) is 8.67. The lowest BCUT2D eigenvalue weighted by atomic mass is 10.0. The Kier molecular flexibility index (Phi) is 15.5. The van der Waals surface area contributed by atoms with E-state index in [0.717, 1.165) is 32.2 Å². The molecule has 0 amide bonds. The molecule has 0 aromatic carbocycles. The molecule has 0 fully saturated rings. The van der Waals surface area contributed by atoms with Gasteiger partial charge in [-0.2, -0.15) is 0 Å². The first kappa shape index (κ1) is 29.0. The van der Waals surface area contributed by atoms with E-state index in [0.29, 0.717) is 23.7 Å². The number of allylic oxidation sites excluding steroid dienone is 8. The second-order valence-electron chi connectivity index (χ2n) is 8.34. The van der Waals surface area contributed by atoms with Crippen LogP contribution in [0.5, 0.6) is 0 Å². The fourth-order valence-corrected chi connectivity index (χ4v) is 3.31. The van der Waals surface area contributed by atoms with Crippen molar-refractivity contribution in [2.24, 2.45) is 5.92 Å². The Hall–Kier alpha value is -2.03. The maximum absolute atomic E-state index is 14.4. The minimum absolute atomic E-state index is 0.243. The van der Waals surface area contributed by atoms with Gasteiger partial charge in [-0.3, -0.25) is 0 Å². The molecule has 0 spiro atoms. The molecule has 0 heterocycles. The third-order valence-corrected chi connectivity index (χ3v) is 5.41. The van der Waals surface area contributed by atoms with E-state index in [1.807, 2.05) is 26.0 Å². The van der Waals surface area contributed by atoms with Crippen LogP contribution in [-0.4, -0.2) is 23.8 Å². The predicted molar refractivity (Wildman–Crippen MR) is 135 cm³/mol. The average molecular weight is 432 g/mol. The molecule has 0 aliphatic carbocycles. The lowest BCUT2D eigenvalue weighted by Gasteiger charge is -2.34. The van der Waals surface area contributed by atoms with Crippen LogP contribution in [0.25, 0.3) is 0 Å². The first-order valence-electron chi connectivity index (χ1n) is 11.8. The van der Waals surface area contributed by atoms with E-state index in [1.165, 1.54) is 11.3 Å². The van der Waals surface area contributed by atoms with Gasteiger partial charge >= 0.3 is 0 Å². The van der Waals surface area contributed by atoms with Crippen LogP contribution in [-0.2, 0) is 4.74 Å². The van der Waals surface area contributed by atoms with Crippen molar-refractivity contribution in [3.63, 3.8) is 0 Å². The molecule has 176 valence electrons. The Morgan fingerprint density at radius 2 is 1.77 bits per heavy atom. The van der Waals surface area contributed by atoms with Crippen LogP contribution < -0.4 is 0 Å². The summed E-state index contributed by atoms with van der Waals surface area (Å²) in [5.41, 5.74) is 3.03. The number of hydrogen-bond acceptors (Lipinski definition) is 2. The van der Waals surface area contributed by atoms with Crippen LogP contribution in [0.2, 0.25) is 0 Å². The molecule has 2 nitrogen and oxygen atoms in total. The molecule has 2 atom stereocenters. The van der Waals surface area contributed by atoms with Gasteiger partial charge in [0.25, 0.3) is 0 Å². The Balaban J connectivity index is 5.96. The molecular weight excluding hydrogens is 385 g/mol. The molecule has 0 N–H and O–H groups in total. The molecule has 0 saturated carbocycles. The lowest BCUT2D eigenvalue weighted by molar-refractivity contribution is 0.0148. The number of ether oxygens (including phenoxy) is 1. The van der Waals surface area contributed by atoms with E-state index in [9.17, 15) is 4.39 Å². The highest BCUT2D eigenvalue weighted by Gasteiger charge is 2.20. The molecule has 31 heavy (non-hydrogen) atoms. The molecule has 0 radical (unpaired) electrons. The summed E-state index contributed by atoms with van der Waals surface area (Å²) in [5.74, 6) is 1.21. The first-order chi connectivity index (χ1) is 14.7. The zero-order valence-corrected chi connectivity index (χ0v) is 21.1. The van der Waals surface area contributed by atoms with Crippen molar-refractivity contribution in [2.75, 3.05) is 6.54 Å². The van der Waals surface area contributed by atoms with Crippen molar-refractivity contribution in [1.82, 2.24) is 4.90 Å². The minimum Gasteiger partial charge on any atom is -0.471 e. The molecule has 0 rings (SSSR count). The summed E-state index contributed by atoms with van der Waals surface area (Å²) < 4.78 is 20.8. The standard InChI is InChI=1S/C28H46FNO/c1-10-14-16-17-21-30(24(8)26(12-3)20-19-22(5)6)25(9)31-28(18-15-11-2)23(7)27(29)13-4/h11-12,14-16,18,22,25,27H,2-3,10,13,17,19-21H2,1,4-9H3. The van der Waals surface area contributed by atoms with Crippen molar-refractivity contribution in [3.8, 4) is 0 Å². The lowest BCUT2D eigenvalue weighted by Crippen LogP contribution is -2.35. The van der Waals surface area contributed by atoms with Crippen molar-refractivity contribution >= 4 is 0 Å². The maximum Gasteiger partial charge on any atom is 0.169 e. The third-order valence-electron chi connectivity index (χ3n) is 5.41. The topological polar surface area (TPSA) is 12.5 Å². The normalized spacial score (nSPS) is 15.6. The molecule has 0 aromatic heterocycles. The van der Waals surface area contributed by atoms with E-state index in [4.69, 9.17) is 4.74 Å². The highest BCUT2D eigenvalue weighted by atomic mass is 19.1. The van der Waals surface area contributed by atoms with Gasteiger partial charge in [0, 0.05) is 17.8 Å². The van der Waals surface area contributed by atoms with Gasteiger partial charge in [0.1, 0.15) is 11.9 Å². The SMILES string of the molecule is C=CC=CC(OC(C)N(CCC=CCC)C(C)=C(C=C)CCC(C)C)=C(C)C(F)CC. The molecular formula is C28H46FNO. The minimum atomic E-state index is -1.02. The van der Waals surface area contributed by atoms with E-state index < -0.39 is 6.17 Å². The van der Waals surface area contributed by atoms with E-state index in [-0.39, 0.29) is 6.23 Å². The second-order valence-corrected chi connectivity index (χ2v) is 8.34. The summed E-state index contributed by atoms with van der Waals surface area (Å²) in [6.45, 7) is 23.0. The van der Waals surface area contributed by atoms with Gasteiger partial charge in [0.15, 0.2) is 6.23 Å². The number of hydrogen-bond donors (Lipinski definition) is 0. The van der Waals surface area contributed by atoms with Gasteiger partial charge in [-0.25, -0.2) is 4.39 Å². The first-order valence-corrected chi connectivity index (χ1v) is 11.8. The van der Waals surface area contributed by atoms with E-state index >= 15 is 0 Å². The smallest absolute Gasteiger partial charge is 0.169 e. The number of rotatable bonds is 16. The highest BCUT2D eigenvalue weighted by molar-refractivity contribution is 5.25. The van der Waals surface area contributed by atoms with Gasteiger partial charge in [-0.05, 0) is 70.4 Å². The molecule has 3 heteroatoms. The summed E-state index contributed by atoms with van der Waals surface area (Å²) >= 11 is 0. The fraction of sp³-hybridized carbons (Fsp3) is 0.571. The zero-order chi connectivity index (χ0) is 23.8. The Morgan fingerprint density at radius 1 is 1.10 bits per heavy atom. The van der Waals surface area contributed by atoms with Gasteiger partial charge in [-0.1, -0.05) is 71.2 Å². The molecule has 0 aromatic rings. The van der Waals surface area contributed by atoms with Crippen LogP contribution in [0, 0.1) is 5.92 Å². The molecule has 0 saturated heterocycles. The Morgan fingerprint density at radius 3 is 2.29 bits per heavy atom. The molecule has 0 aliphatic rings. The second kappa shape index (κ2) is 16.6. The van der Waals surface area contributed by atoms with Gasteiger partial charge < -0.3 is 9.64 Å². The average Bonchev–Trinajstić information content (AvgIpc) is 2.75. The van der Waals surface area contributed by atoms with Gasteiger partial charge in [-0.15, -0.1) is 0 Å². The van der Waals surface area contributed by atoms with Crippen molar-refractivity contribution in [1.29, 1.82) is 0 Å². The maximum atomic E-state index is 14.4. The quantitative estimate of drug-likeness (QED) is 0.105. The third kappa shape index (κ3) is 11.2. The van der Waals surface area contributed by atoms with E-state index in [1.54, 1.807) is 19.1 Å². The van der Waals surface area contributed by atoms with Crippen LogP contribution in [0.1, 0.15) is 80.6 Å². The summed E-state index contributed by atoms with van der Waals surface area (Å²) in [4.78, 5) is 2.27. The Bertz CT molecular complexity index is 654. The van der Waals surface area contributed by atoms with Crippen molar-refractivity contribution in [2.45, 2.75) is 93.0 Å². The van der Waals surface area contributed by atoms with Crippen LogP contribution in [0.4, 0.5) is 4.39 Å². The summed E-state index contributed by atoms with van der Waals surface area (Å²) in [7, 11) is 0. The summed E-state index contributed by atoms with van der Waals surface area (Å²) in [5, 5.41) is 0. The monoisotopic (exact) mass is 431 g/mol. The van der Waals surface area contributed by atoms with Crippen LogP contribution >= 0.6 is 0 Å². The van der Waals surface area contributed by atoms with Crippen molar-refractivity contribution < 1.29 is 9.13 Å². The van der Waals surface area contributed by atoms with E-state index in [2.05, 4.69) is 57.9 Å². The van der Waals surface area contributed by atoms with Gasteiger partial charge in [0.05, 0.1) is 0 Å². The number of nitrogens with zero attached hydrogens (tertiary/aromatic N) is 1. The number of halogens is 1. The molecule has 0 bridgehead atoms. The largest absolute Gasteiger partial charge is 0.471 e. The summed E-state index contributed by atoms with van der Waals surface area (Å²) in [6, 6.07) is 0. The fourth-order valence-electron chi connectivity index (χ4n) is 3.31.